The third-order valence-corrected chi connectivity index (χ3v) is 6.22. The van der Waals surface area contributed by atoms with Gasteiger partial charge in [-0.25, -0.2) is 0 Å². The zero-order valence-corrected chi connectivity index (χ0v) is 18.1. The van der Waals surface area contributed by atoms with E-state index >= 15 is 0 Å². The van der Waals surface area contributed by atoms with E-state index < -0.39 is 0 Å². The van der Waals surface area contributed by atoms with Gasteiger partial charge >= 0.3 is 0 Å². The monoisotopic (exact) mass is 421 g/mol. The maximum atomic E-state index is 12.8. The largest absolute Gasteiger partial charge is 0.469 e. The minimum atomic E-state index is -0.128. The Kier molecular flexibility index (Phi) is 6.75. The van der Waals surface area contributed by atoms with Gasteiger partial charge in [-0.1, -0.05) is 18.2 Å². The number of piperidine rings is 1. The molecular weight excluding hydrogens is 390 g/mol. The second kappa shape index (κ2) is 9.86. The normalized spacial score (nSPS) is 17.6. The van der Waals surface area contributed by atoms with Gasteiger partial charge in [0.25, 0.3) is 0 Å². The molecule has 0 saturated carbocycles. The van der Waals surface area contributed by atoms with Crippen LogP contribution < -0.4 is 5.32 Å². The van der Waals surface area contributed by atoms with Gasteiger partial charge in [-0.05, 0) is 56.4 Å². The lowest BCUT2D eigenvalue weighted by Gasteiger charge is -2.32. The number of nitrogens with one attached hydrogen (secondary N) is 2. The number of benzene rings is 1. The summed E-state index contributed by atoms with van der Waals surface area (Å²) in [5.74, 6) is 0.998. The SMILES string of the molecule is C[C@@H](CCc1ccco1)NC(=O)[C@@H]1CCCN(C(=O)CCc2c[nH]c3ccccc23)C1. The van der Waals surface area contributed by atoms with Crippen LogP contribution in [-0.2, 0) is 22.4 Å². The van der Waals surface area contributed by atoms with Crippen LogP contribution in [0.2, 0.25) is 0 Å². The van der Waals surface area contributed by atoms with E-state index in [-0.39, 0.29) is 23.8 Å². The second-order valence-corrected chi connectivity index (χ2v) is 8.57. The van der Waals surface area contributed by atoms with Crippen LogP contribution in [0.5, 0.6) is 0 Å². The summed E-state index contributed by atoms with van der Waals surface area (Å²) < 4.78 is 5.36. The highest BCUT2D eigenvalue weighted by molar-refractivity contribution is 5.84. The fourth-order valence-corrected chi connectivity index (χ4v) is 4.40. The van der Waals surface area contributed by atoms with Crippen molar-refractivity contribution >= 4 is 22.7 Å². The summed E-state index contributed by atoms with van der Waals surface area (Å²) in [6.07, 6.45) is 8.19. The molecule has 2 amide bonds. The summed E-state index contributed by atoms with van der Waals surface area (Å²) in [6.45, 7) is 3.28. The van der Waals surface area contributed by atoms with Crippen LogP contribution in [0.15, 0.2) is 53.3 Å². The molecule has 2 aromatic heterocycles. The zero-order chi connectivity index (χ0) is 21.6. The molecule has 2 N–H and O–H groups in total. The topological polar surface area (TPSA) is 78.3 Å². The van der Waals surface area contributed by atoms with Gasteiger partial charge in [-0.2, -0.15) is 0 Å². The van der Waals surface area contributed by atoms with Crippen LogP contribution in [-0.4, -0.2) is 40.8 Å². The Morgan fingerprint density at radius 2 is 2.10 bits per heavy atom. The molecule has 6 heteroatoms. The molecule has 0 bridgehead atoms. The molecule has 6 nitrogen and oxygen atoms in total. The minimum Gasteiger partial charge on any atom is -0.469 e. The Balaban J connectivity index is 1.25. The van der Waals surface area contributed by atoms with E-state index in [4.69, 9.17) is 4.42 Å². The minimum absolute atomic E-state index is 0.0565. The number of H-pyrrole nitrogens is 1. The molecule has 0 aliphatic carbocycles. The number of rotatable bonds is 8. The fourth-order valence-electron chi connectivity index (χ4n) is 4.40. The van der Waals surface area contributed by atoms with E-state index in [1.807, 2.05) is 48.4 Å². The average molecular weight is 422 g/mol. The molecule has 0 unspecified atom stereocenters. The van der Waals surface area contributed by atoms with Crippen LogP contribution in [0.1, 0.15) is 43.9 Å². The quantitative estimate of drug-likeness (QED) is 0.575. The third-order valence-electron chi connectivity index (χ3n) is 6.22. The van der Waals surface area contributed by atoms with Crippen LogP contribution in [0.25, 0.3) is 10.9 Å². The molecule has 0 spiro atoms. The van der Waals surface area contributed by atoms with E-state index in [0.717, 1.165) is 43.5 Å². The lowest BCUT2D eigenvalue weighted by Crippen LogP contribution is -2.47. The van der Waals surface area contributed by atoms with Gasteiger partial charge in [0.05, 0.1) is 12.2 Å². The highest BCUT2D eigenvalue weighted by atomic mass is 16.3. The maximum Gasteiger partial charge on any atom is 0.225 e. The van der Waals surface area contributed by atoms with Crippen molar-refractivity contribution in [2.75, 3.05) is 13.1 Å². The van der Waals surface area contributed by atoms with Gasteiger partial charge in [0.15, 0.2) is 0 Å². The molecule has 31 heavy (non-hydrogen) atoms. The first-order chi connectivity index (χ1) is 15.1. The molecule has 3 heterocycles. The van der Waals surface area contributed by atoms with Gasteiger partial charge in [-0.3, -0.25) is 9.59 Å². The number of para-hydroxylation sites is 1. The van der Waals surface area contributed by atoms with Crippen molar-refractivity contribution in [1.29, 1.82) is 0 Å². The number of hydrogen-bond acceptors (Lipinski definition) is 3. The summed E-state index contributed by atoms with van der Waals surface area (Å²) in [5, 5.41) is 4.30. The van der Waals surface area contributed by atoms with Gasteiger partial charge in [0.2, 0.25) is 11.8 Å². The van der Waals surface area contributed by atoms with Crippen LogP contribution in [0, 0.1) is 5.92 Å². The van der Waals surface area contributed by atoms with Crippen molar-refractivity contribution < 1.29 is 14.0 Å². The first-order valence-corrected chi connectivity index (χ1v) is 11.3. The molecule has 164 valence electrons. The number of aromatic amines is 1. The Hall–Kier alpha value is -3.02. The van der Waals surface area contributed by atoms with Crippen molar-refractivity contribution in [3.05, 3.63) is 60.2 Å². The highest BCUT2D eigenvalue weighted by Crippen LogP contribution is 2.21. The molecule has 0 radical (unpaired) electrons. The predicted molar refractivity (Wildman–Crippen MR) is 121 cm³/mol. The van der Waals surface area contributed by atoms with Crippen LogP contribution in [0.4, 0.5) is 0 Å². The lowest BCUT2D eigenvalue weighted by atomic mass is 9.96. The number of hydrogen-bond donors (Lipinski definition) is 2. The molecule has 1 aliphatic heterocycles. The van der Waals surface area contributed by atoms with Gasteiger partial charge in [0, 0.05) is 49.1 Å². The first kappa shape index (κ1) is 21.2. The third kappa shape index (κ3) is 5.37. The molecule has 1 saturated heterocycles. The Labute approximate surface area is 183 Å². The molecule has 2 atom stereocenters. The predicted octanol–water partition coefficient (Wildman–Crippen LogP) is 4.07. The number of fused-ring (bicyclic) bond motifs is 1. The highest BCUT2D eigenvalue weighted by Gasteiger charge is 2.28. The summed E-state index contributed by atoms with van der Waals surface area (Å²) in [7, 11) is 0. The molecule has 4 rings (SSSR count). The van der Waals surface area contributed by atoms with Crippen LogP contribution in [0.3, 0.4) is 0 Å². The summed E-state index contributed by atoms with van der Waals surface area (Å²) >= 11 is 0. The summed E-state index contributed by atoms with van der Waals surface area (Å²) in [5.41, 5.74) is 2.27. The molecule has 1 fully saturated rings. The van der Waals surface area contributed by atoms with Gasteiger partial charge < -0.3 is 19.6 Å². The van der Waals surface area contributed by atoms with E-state index in [1.54, 1.807) is 6.26 Å². The number of nitrogens with zero attached hydrogens (tertiary/aromatic N) is 1. The van der Waals surface area contributed by atoms with Crippen molar-refractivity contribution in [2.24, 2.45) is 5.92 Å². The molecule has 3 aromatic rings. The molecule has 1 aliphatic rings. The van der Waals surface area contributed by atoms with Crippen LogP contribution >= 0.6 is 0 Å². The number of likely N-dealkylation sites (tertiary alicyclic amines) is 1. The fraction of sp³-hybridized carbons (Fsp3) is 0.440. The Morgan fingerprint density at radius 3 is 2.94 bits per heavy atom. The van der Waals surface area contributed by atoms with Crippen molar-refractivity contribution in [1.82, 2.24) is 15.2 Å². The first-order valence-electron chi connectivity index (χ1n) is 11.3. The van der Waals surface area contributed by atoms with E-state index in [1.165, 1.54) is 10.9 Å². The number of carbonyl (C=O) groups is 2. The standard InChI is InChI=1S/C25H31N3O3/c1-18(10-12-21-7-5-15-31-21)27-25(30)20-6-4-14-28(17-20)24(29)13-11-19-16-26-23-9-3-2-8-22(19)23/h2-3,5,7-9,15-16,18,20,26H,4,6,10-14,17H2,1H3,(H,27,30)/t18-,20+/m0/s1. The van der Waals surface area contributed by atoms with E-state index in [0.29, 0.717) is 19.4 Å². The number of furan rings is 1. The van der Waals surface area contributed by atoms with Gasteiger partial charge in [-0.15, -0.1) is 0 Å². The van der Waals surface area contributed by atoms with E-state index in [2.05, 4.69) is 16.4 Å². The molecular formula is C25H31N3O3. The zero-order valence-electron chi connectivity index (χ0n) is 18.1. The van der Waals surface area contributed by atoms with E-state index in [9.17, 15) is 9.59 Å². The van der Waals surface area contributed by atoms with Crippen molar-refractivity contribution in [3.63, 3.8) is 0 Å². The average Bonchev–Trinajstić information content (AvgIpc) is 3.46. The number of amides is 2. The smallest absolute Gasteiger partial charge is 0.225 e. The lowest BCUT2D eigenvalue weighted by molar-refractivity contribution is -0.135. The molecule has 1 aromatic carbocycles. The Morgan fingerprint density at radius 1 is 1.23 bits per heavy atom. The summed E-state index contributed by atoms with van der Waals surface area (Å²) in [4.78, 5) is 30.7. The summed E-state index contributed by atoms with van der Waals surface area (Å²) in [6, 6.07) is 12.1. The van der Waals surface area contributed by atoms with Crippen molar-refractivity contribution in [2.45, 2.75) is 51.5 Å². The van der Waals surface area contributed by atoms with Crippen molar-refractivity contribution in [3.8, 4) is 0 Å². The van der Waals surface area contributed by atoms with Gasteiger partial charge in [0.1, 0.15) is 5.76 Å². The second-order valence-electron chi connectivity index (χ2n) is 8.57. The number of aromatic nitrogens is 1. The Bertz CT molecular complexity index is 1010. The number of aryl methyl sites for hydroxylation is 2. The number of carbonyl (C=O) groups excluding carboxylic acids is 2. The maximum absolute atomic E-state index is 12.8.